The minimum Gasteiger partial charge on any atom is -0.507 e. The molecule has 12 nitrogen and oxygen atoms in total. The molecular formula is C33H38N4O8. The number of aromatic hydroxyl groups is 1. The van der Waals surface area contributed by atoms with Crippen molar-refractivity contribution in [2.24, 2.45) is 29.4 Å². The number of primary amides is 1. The van der Waals surface area contributed by atoms with Crippen molar-refractivity contribution >= 4 is 40.6 Å². The Hall–Kier alpha value is -4.42. The largest absolute Gasteiger partial charge is 0.507 e. The fourth-order valence-corrected chi connectivity index (χ4v) is 7.25. The van der Waals surface area contributed by atoms with Crippen LogP contribution < -0.4 is 16.0 Å². The molecule has 12 heteroatoms. The van der Waals surface area contributed by atoms with E-state index in [9.17, 15) is 39.0 Å². The zero-order chi connectivity index (χ0) is 33.0. The number of carbonyl (C=O) groups is 6. The maximum atomic E-state index is 14.1. The van der Waals surface area contributed by atoms with Gasteiger partial charge < -0.3 is 26.2 Å². The molecule has 3 unspecified atom stereocenters. The smallest absolute Gasteiger partial charge is 0.237 e. The molecule has 2 saturated carbocycles. The van der Waals surface area contributed by atoms with Crippen LogP contribution in [0.4, 0.5) is 5.69 Å². The van der Waals surface area contributed by atoms with Gasteiger partial charge in [0.05, 0.1) is 17.5 Å². The fraction of sp³-hybridized carbons (Fsp3) is 0.455. The Bertz CT molecular complexity index is 1600. The normalized spacial score (nSPS) is 26.5. The average Bonchev–Trinajstić information content (AvgIpc) is 2.97. The molecule has 45 heavy (non-hydrogen) atoms. The zero-order valence-corrected chi connectivity index (χ0v) is 25.7. The highest BCUT2D eigenvalue weighted by atomic mass is 16.3. The number of amides is 2. The first-order chi connectivity index (χ1) is 21.2. The lowest BCUT2D eigenvalue weighted by Gasteiger charge is -2.48. The molecule has 0 saturated heterocycles. The first-order valence-electron chi connectivity index (χ1n) is 14.9. The van der Waals surface area contributed by atoms with Gasteiger partial charge in [0.1, 0.15) is 5.75 Å². The second kappa shape index (κ2) is 11.8. The third kappa shape index (κ3) is 5.31. The van der Waals surface area contributed by atoms with Gasteiger partial charge in [0.2, 0.25) is 11.8 Å². The van der Waals surface area contributed by atoms with Gasteiger partial charge in [-0.1, -0.05) is 30.3 Å². The molecule has 3 aliphatic rings. The Balaban J connectivity index is 1.47. The summed E-state index contributed by atoms with van der Waals surface area (Å²) in [6.07, 6.45) is 0.237. The van der Waals surface area contributed by atoms with Crippen molar-refractivity contribution in [2.75, 3.05) is 33.1 Å². The molecule has 238 valence electrons. The highest BCUT2D eigenvalue weighted by molar-refractivity contribution is 6.31. The Morgan fingerprint density at radius 1 is 1.04 bits per heavy atom. The summed E-state index contributed by atoms with van der Waals surface area (Å²) in [4.78, 5) is 82.5. The van der Waals surface area contributed by atoms with Crippen LogP contribution >= 0.6 is 0 Å². The van der Waals surface area contributed by atoms with E-state index in [0.717, 1.165) is 5.56 Å². The van der Waals surface area contributed by atoms with Crippen LogP contribution in [-0.4, -0.2) is 89.9 Å². The van der Waals surface area contributed by atoms with Crippen molar-refractivity contribution in [3.05, 3.63) is 58.7 Å². The molecule has 2 aromatic carbocycles. The monoisotopic (exact) mass is 618 g/mol. The molecule has 0 aromatic heterocycles. The number of carbonyl (C=O) groups excluding carboxylic acids is 6. The molecule has 2 amide bonds. The molecular weight excluding hydrogens is 580 g/mol. The number of anilines is 1. The van der Waals surface area contributed by atoms with Crippen LogP contribution in [0.5, 0.6) is 5.75 Å². The van der Waals surface area contributed by atoms with Crippen molar-refractivity contribution in [1.82, 2.24) is 10.2 Å². The molecule has 2 fully saturated rings. The molecule has 3 aliphatic carbocycles. The van der Waals surface area contributed by atoms with E-state index < -0.39 is 76.5 Å². The maximum Gasteiger partial charge on any atom is 0.237 e. The van der Waals surface area contributed by atoms with E-state index in [4.69, 9.17) is 5.73 Å². The van der Waals surface area contributed by atoms with E-state index in [1.165, 1.54) is 0 Å². The number of ketones is 4. The molecule has 5 rings (SSSR count). The second-order valence-electron chi connectivity index (χ2n) is 12.8. The summed E-state index contributed by atoms with van der Waals surface area (Å²) in [6.45, 7) is -0.111. The Morgan fingerprint density at radius 3 is 2.31 bits per heavy atom. The molecule has 2 aromatic rings. The number of benzene rings is 2. The number of nitrogens with two attached hydrogens (primary N) is 1. The first-order valence-corrected chi connectivity index (χ1v) is 14.9. The van der Waals surface area contributed by atoms with E-state index in [1.807, 2.05) is 30.3 Å². The summed E-state index contributed by atoms with van der Waals surface area (Å²) in [7, 11) is 7.11. The molecule has 5 N–H and O–H groups in total. The molecule has 0 bridgehead atoms. The highest BCUT2D eigenvalue weighted by Crippen LogP contribution is 2.51. The van der Waals surface area contributed by atoms with Crippen molar-refractivity contribution in [2.45, 2.75) is 43.9 Å². The predicted octanol–water partition coefficient (Wildman–Crippen LogP) is 0.182. The van der Waals surface area contributed by atoms with Gasteiger partial charge in [0, 0.05) is 44.2 Å². The van der Waals surface area contributed by atoms with E-state index in [-0.39, 0.29) is 36.4 Å². The van der Waals surface area contributed by atoms with Gasteiger partial charge in [0.25, 0.3) is 0 Å². The van der Waals surface area contributed by atoms with E-state index >= 15 is 0 Å². The molecule has 0 heterocycles. The number of phenols is 1. The number of hydrogen-bond acceptors (Lipinski definition) is 10. The van der Waals surface area contributed by atoms with Gasteiger partial charge >= 0.3 is 0 Å². The van der Waals surface area contributed by atoms with Gasteiger partial charge in [-0.3, -0.25) is 33.7 Å². The van der Waals surface area contributed by atoms with Crippen molar-refractivity contribution in [1.29, 1.82) is 0 Å². The van der Waals surface area contributed by atoms with Crippen molar-refractivity contribution < 1.29 is 39.0 Å². The lowest BCUT2D eigenvalue weighted by Crippen LogP contribution is -2.68. The van der Waals surface area contributed by atoms with E-state index in [0.29, 0.717) is 17.7 Å². The number of nitrogens with zero attached hydrogens (tertiary/aromatic N) is 2. The summed E-state index contributed by atoms with van der Waals surface area (Å²) < 4.78 is 0. The highest BCUT2D eigenvalue weighted by Gasteiger charge is 2.66. The zero-order valence-electron chi connectivity index (χ0n) is 25.7. The summed E-state index contributed by atoms with van der Waals surface area (Å²) in [6, 6.07) is 10.7. The maximum absolute atomic E-state index is 14.1. The van der Waals surface area contributed by atoms with Crippen LogP contribution in [-0.2, 0) is 43.4 Å². The lowest BCUT2D eigenvalue weighted by molar-refractivity contribution is -0.175. The Kier molecular flexibility index (Phi) is 8.41. The lowest BCUT2D eigenvalue weighted by atomic mass is 9.53. The number of likely N-dealkylation sites (N-methyl/N-ethyl adjacent to an activating group) is 1. The molecule has 6 atom stereocenters. The van der Waals surface area contributed by atoms with Crippen LogP contribution in [0.3, 0.4) is 0 Å². The van der Waals surface area contributed by atoms with Crippen molar-refractivity contribution in [3.8, 4) is 5.75 Å². The van der Waals surface area contributed by atoms with E-state index in [1.54, 1.807) is 44.1 Å². The van der Waals surface area contributed by atoms with Gasteiger partial charge in [0.15, 0.2) is 34.7 Å². The number of nitrogens with one attached hydrogen (secondary N) is 1. The standard InChI is InChI=1S/C33H38N4O8/c1-36(2)21-13-18(15-35-32(44)22(37(3)4)10-16-8-6-5-7-9-16)27(39)25-20(21)12-17-11-19-14-23(38)26(31(34)43)30(42)33(19,45)29(41)24(17)28(25)40/h5-9,13,17,19,22,24,26,39,45H,10-12,14-15H2,1-4H3,(H2,34,43)(H,35,44)/t17-,19+,22?,24?,26?,33+/m1/s1. The number of Topliss-reactive ketones (excluding diaryl/α,β-unsaturated/α-hetero) is 4. The average molecular weight is 619 g/mol. The summed E-state index contributed by atoms with van der Waals surface area (Å²) >= 11 is 0. The van der Waals surface area contributed by atoms with Crippen LogP contribution in [0.15, 0.2) is 36.4 Å². The molecule has 0 spiro atoms. The first kappa shape index (κ1) is 32.0. The number of fused-ring (bicyclic) bond motifs is 3. The van der Waals surface area contributed by atoms with Crippen LogP contribution in [0.25, 0.3) is 0 Å². The fourth-order valence-electron chi connectivity index (χ4n) is 7.25. The van der Waals surface area contributed by atoms with Crippen LogP contribution in [0, 0.1) is 23.7 Å². The third-order valence-corrected chi connectivity index (χ3v) is 9.59. The predicted molar refractivity (Wildman–Crippen MR) is 162 cm³/mol. The topological polar surface area (TPSA) is 187 Å². The van der Waals surface area contributed by atoms with Crippen molar-refractivity contribution in [3.63, 3.8) is 0 Å². The minimum absolute atomic E-state index is 0.0137. The van der Waals surface area contributed by atoms with Gasteiger partial charge in [-0.2, -0.15) is 0 Å². The third-order valence-electron chi connectivity index (χ3n) is 9.59. The summed E-state index contributed by atoms with van der Waals surface area (Å²) in [5.74, 6) is -11.0. The number of phenolic OH excluding ortho intramolecular Hbond substituents is 1. The summed E-state index contributed by atoms with van der Waals surface area (Å²) in [5, 5.41) is 25.8. The Morgan fingerprint density at radius 2 is 1.71 bits per heavy atom. The number of hydrogen-bond donors (Lipinski definition) is 4. The SMILES string of the molecule is CN(C)c1cc(CNC(=O)C(Cc2ccccc2)N(C)C)c(O)c2c1C[C@H]1C[C@H]3CC(=O)C(C(N)=O)C(=O)[C@@]3(O)C(=O)C1C2=O. The Labute approximate surface area is 260 Å². The minimum atomic E-state index is -2.71. The van der Waals surface area contributed by atoms with Gasteiger partial charge in [-0.15, -0.1) is 0 Å². The van der Waals surface area contributed by atoms with Gasteiger partial charge in [-0.05, 0) is 56.5 Å². The quantitative estimate of drug-likeness (QED) is 0.297. The van der Waals surface area contributed by atoms with Crippen LogP contribution in [0.2, 0.25) is 0 Å². The van der Waals surface area contributed by atoms with E-state index in [2.05, 4.69) is 5.32 Å². The molecule has 0 radical (unpaired) electrons. The van der Waals surface area contributed by atoms with Gasteiger partial charge in [-0.25, -0.2) is 0 Å². The second-order valence-corrected chi connectivity index (χ2v) is 12.8. The summed E-state index contributed by atoms with van der Waals surface area (Å²) in [5.41, 5.74) is 4.76. The number of aliphatic hydroxyl groups is 1. The van der Waals surface area contributed by atoms with Crippen LogP contribution in [0.1, 0.15) is 39.9 Å². The number of rotatable bonds is 8. The molecule has 0 aliphatic heterocycles.